The van der Waals surface area contributed by atoms with Gasteiger partial charge in [0.25, 0.3) is 0 Å². The standard InChI is InChI=1S/C12H17ClN2O/c1-8(2)10-6-5-9(7-11(10)13)14-12(16)15(3)4/h5-8H,1-4H3,(H,14,16). The summed E-state index contributed by atoms with van der Waals surface area (Å²) >= 11 is 6.12. The maximum atomic E-state index is 11.4. The second-order valence-corrected chi connectivity index (χ2v) is 4.62. The Labute approximate surface area is 101 Å². The predicted octanol–water partition coefficient (Wildman–Crippen LogP) is 3.56. The summed E-state index contributed by atoms with van der Waals surface area (Å²) in [5.41, 5.74) is 1.80. The highest BCUT2D eigenvalue weighted by molar-refractivity contribution is 6.31. The van der Waals surface area contributed by atoms with Crippen molar-refractivity contribution in [2.75, 3.05) is 19.4 Å². The molecule has 88 valence electrons. The largest absolute Gasteiger partial charge is 0.331 e. The first-order valence-corrected chi connectivity index (χ1v) is 5.57. The second-order valence-electron chi connectivity index (χ2n) is 4.22. The summed E-state index contributed by atoms with van der Waals surface area (Å²) < 4.78 is 0. The van der Waals surface area contributed by atoms with Crippen LogP contribution in [-0.4, -0.2) is 25.0 Å². The molecule has 0 radical (unpaired) electrons. The summed E-state index contributed by atoms with van der Waals surface area (Å²) in [6.45, 7) is 4.17. The molecule has 0 bridgehead atoms. The zero-order valence-electron chi connectivity index (χ0n) is 10.0. The van der Waals surface area contributed by atoms with Gasteiger partial charge in [0.15, 0.2) is 0 Å². The molecule has 4 heteroatoms. The first-order valence-electron chi connectivity index (χ1n) is 5.19. The van der Waals surface area contributed by atoms with Gasteiger partial charge in [-0.15, -0.1) is 0 Å². The van der Waals surface area contributed by atoms with Crippen LogP contribution in [-0.2, 0) is 0 Å². The number of urea groups is 1. The lowest BCUT2D eigenvalue weighted by Gasteiger charge is -2.14. The Morgan fingerprint density at radius 1 is 1.38 bits per heavy atom. The van der Waals surface area contributed by atoms with E-state index in [9.17, 15) is 4.79 Å². The molecule has 0 aliphatic heterocycles. The van der Waals surface area contributed by atoms with Gasteiger partial charge in [-0.2, -0.15) is 0 Å². The highest BCUT2D eigenvalue weighted by Crippen LogP contribution is 2.27. The van der Waals surface area contributed by atoms with E-state index in [0.29, 0.717) is 16.6 Å². The third-order valence-electron chi connectivity index (χ3n) is 2.28. The van der Waals surface area contributed by atoms with E-state index >= 15 is 0 Å². The summed E-state index contributed by atoms with van der Waals surface area (Å²) in [6.07, 6.45) is 0. The van der Waals surface area contributed by atoms with Gasteiger partial charge in [0, 0.05) is 24.8 Å². The van der Waals surface area contributed by atoms with Gasteiger partial charge in [-0.05, 0) is 23.6 Å². The highest BCUT2D eigenvalue weighted by atomic mass is 35.5. The Morgan fingerprint density at radius 2 is 2.00 bits per heavy atom. The van der Waals surface area contributed by atoms with Crippen LogP contribution in [0.2, 0.25) is 5.02 Å². The van der Waals surface area contributed by atoms with E-state index < -0.39 is 0 Å². The summed E-state index contributed by atoms with van der Waals surface area (Å²) in [4.78, 5) is 12.9. The van der Waals surface area contributed by atoms with Gasteiger partial charge in [-0.3, -0.25) is 0 Å². The molecular formula is C12H17ClN2O. The van der Waals surface area contributed by atoms with Crippen molar-refractivity contribution < 1.29 is 4.79 Å². The van der Waals surface area contributed by atoms with Crippen molar-refractivity contribution in [1.29, 1.82) is 0 Å². The molecule has 0 unspecified atom stereocenters. The van der Waals surface area contributed by atoms with Crippen LogP contribution in [0.15, 0.2) is 18.2 Å². The SMILES string of the molecule is CC(C)c1ccc(NC(=O)N(C)C)cc1Cl. The maximum Gasteiger partial charge on any atom is 0.321 e. The molecule has 0 atom stereocenters. The summed E-state index contributed by atoms with van der Waals surface area (Å²) in [5, 5.41) is 3.44. The molecule has 0 aromatic heterocycles. The molecule has 3 nitrogen and oxygen atoms in total. The predicted molar refractivity (Wildman–Crippen MR) is 68.2 cm³/mol. The fourth-order valence-electron chi connectivity index (χ4n) is 1.31. The molecule has 0 saturated carbocycles. The zero-order chi connectivity index (χ0) is 12.3. The van der Waals surface area contributed by atoms with Crippen LogP contribution in [0.1, 0.15) is 25.3 Å². The van der Waals surface area contributed by atoms with Crippen LogP contribution in [0.4, 0.5) is 10.5 Å². The van der Waals surface area contributed by atoms with Crippen molar-refractivity contribution in [2.24, 2.45) is 0 Å². The van der Waals surface area contributed by atoms with Crippen LogP contribution in [0, 0.1) is 0 Å². The number of anilines is 1. The molecule has 1 aromatic carbocycles. The van der Waals surface area contributed by atoms with Gasteiger partial charge >= 0.3 is 6.03 Å². The van der Waals surface area contributed by atoms with Gasteiger partial charge in [-0.25, -0.2) is 4.79 Å². The van der Waals surface area contributed by atoms with E-state index in [1.54, 1.807) is 20.2 Å². The summed E-state index contributed by atoms with van der Waals surface area (Å²) in [7, 11) is 3.39. The van der Waals surface area contributed by atoms with Crippen LogP contribution < -0.4 is 5.32 Å². The Hall–Kier alpha value is -1.22. The molecule has 0 heterocycles. The van der Waals surface area contributed by atoms with Gasteiger partial charge in [0.1, 0.15) is 0 Å². The number of carbonyl (C=O) groups is 1. The van der Waals surface area contributed by atoms with Crippen molar-refractivity contribution in [3.8, 4) is 0 Å². The molecule has 16 heavy (non-hydrogen) atoms. The van der Waals surface area contributed by atoms with Gasteiger partial charge < -0.3 is 10.2 Å². The zero-order valence-corrected chi connectivity index (χ0v) is 10.8. The van der Waals surface area contributed by atoms with Crippen molar-refractivity contribution in [3.63, 3.8) is 0 Å². The number of amides is 2. The highest BCUT2D eigenvalue weighted by Gasteiger charge is 2.08. The number of benzene rings is 1. The smallest absolute Gasteiger partial charge is 0.321 e. The lowest BCUT2D eigenvalue weighted by Crippen LogP contribution is -2.27. The normalized spacial score (nSPS) is 10.4. The van der Waals surface area contributed by atoms with Crippen LogP contribution in [0.25, 0.3) is 0 Å². The Bertz CT molecular complexity index is 389. The molecule has 0 fully saturated rings. The molecule has 1 aromatic rings. The number of nitrogens with one attached hydrogen (secondary N) is 1. The average Bonchev–Trinajstić information content (AvgIpc) is 2.16. The number of carbonyl (C=O) groups excluding carboxylic acids is 1. The number of hydrogen-bond donors (Lipinski definition) is 1. The van der Waals surface area contributed by atoms with Crippen LogP contribution in [0.3, 0.4) is 0 Å². The van der Waals surface area contributed by atoms with Crippen molar-refractivity contribution in [2.45, 2.75) is 19.8 Å². The molecule has 0 aliphatic carbocycles. The maximum absolute atomic E-state index is 11.4. The van der Waals surface area contributed by atoms with E-state index in [2.05, 4.69) is 19.2 Å². The minimum absolute atomic E-state index is 0.159. The van der Waals surface area contributed by atoms with Gasteiger partial charge in [0.2, 0.25) is 0 Å². The minimum Gasteiger partial charge on any atom is -0.331 e. The second kappa shape index (κ2) is 5.21. The summed E-state index contributed by atoms with van der Waals surface area (Å²) in [5.74, 6) is 0.381. The number of nitrogens with zero attached hydrogens (tertiary/aromatic N) is 1. The molecule has 0 spiro atoms. The number of hydrogen-bond acceptors (Lipinski definition) is 1. The molecule has 1 rings (SSSR count). The van der Waals surface area contributed by atoms with Crippen molar-refractivity contribution in [3.05, 3.63) is 28.8 Å². The molecule has 2 amide bonds. The third kappa shape index (κ3) is 3.14. The third-order valence-corrected chi connectivity index (χ3v) is 2.61. The van der Waals surface area contributed by atoms with Crippen LogP contribution >= 0.6 is 11.6 Å². The van der Waals surface area contributed by atoms with E-state index in [1.807, 2.05) is 12.1 Å². The Kier molecular flexibility index (Phi) is 4.19. The molecular weight excluding hydrogens is 224 g/mol. The first-order chi connectivity index (χ1) is 7.41. The Morgan fingerprint density at radius 3 is 2.44 bits per heavy atom. The molecule has 0 saturated heterocycles. The Balaban J connectivity index is 2.85. The van der Waals surface area contributed by atoms with Crippen molar-refractivity contribution >= 4 is 23.3 Å². The van der Waals surface area contributed by atoms with Gasteiger partial charge in [-0.1, -0.05) is 31.5 Å². The van der Waals surface area contributed by atoms with E-state index in [1.165, 1.54) is 4.90 Å². The van der Waals surface area contributed by atoms with E-state index in [-0.39, 0.29) is 6.03 Å². The quantitative estimate of drug-likeness (QED) is 0.842. The lowest BCUT2D eigenvalue weighted by atomic mass is 10.0. The van der Waals surface area contributed by atoms with Crippen LogP contribution in [0.5, 0.6) is 0 Å². The number of rotatable bonds is 2. The minimum atomic E-state index is -0.159. The fraction of sp³-hybridized carbons (Fsp3) is 0.417. The van der Waals surface area contributed by atoms with E-state index in [0.717, 1.165) is 5.56 Å². The summed E-state index contributed by atoms with van der Waals surface area (Å²) in [6, 6.07) is 5.42. The molecule has 0 aliphatic rings. The fourth-order valence-corrected chi connectivity index (χ4v) is 1.71. The first kappa shape index (κ1) is 12.8. The van der Waals surface area contributed by atoms with Crippen molar-refractivity contribution in [1.82, 2.24) is 4.90 Å². The van der Waals surface area contributed by atoms with E-state index in [4.69, 9.17) is 11.6 Å². The molecule has 1 N–H and O–H groups in total. The average molecular weight is 241 g/mol. The monoisotopic (exact) mass is 240 g/mol. The van der Waals surface area contributed by atoms with Gasteiger partial charge in [0.05, 0.1) is 0 Å². The number of halogens is 1. The lowest BCUT2D eigenvalue weighted by molar-refractivity contribution is 0.230. The topological polar surface area (TPSA) is 32.3 Å².